The number of amides is 1. The molecule has 1 amide bonds. The van der Waals surface area contributed by atoms with E-state index in [1.807, 2.05) is 49.4 Å². The van der Waals surface area contributed by atoms with Gasteiger partial charge in [0.1, 0.15) is 11.6 Å². The maximum Gasteiger partial charge on any atom is 0.235 e. The number of ether oxygens (including phenoxy) is 1. The molecule has 3 heterocycles. The number of benzene rings is 1. The maximum absolute atomic E-state index is 12.3. The van der Waals surface area contributed by atoms with E-state index >= 15 is 0 Å². The van der Waals surface area contributed by atoms with E-state index in [1.165, 1.54) is 0 Å². The Morgan fingerprint density at radius 1 is 1.23 bits per heavy atom. The molecule has 0 fully saturated rings. The molecule has 0 radical (unpaired) electrons. The lowest BCUT2D eigenvalue weighted by molar-refractivity contribution is -0.113. The highest BCUT2D eigenvalue weighted by atomic mass is 32.2. The van der Waals surface area contributed by atoms with Gasteiger partial charge in [0.05, 0.1) is 23.8 Å². The minimum atomic E-state index is -0.0376. The van der Waals surface area contributed by atoms with E-state index in [9.17, 15) is 4.79 Å². The van der Waals surface area contributed by atoms with E-state index in [1.54, 1.807) is 29.8 Å². The molecule has 0 aliphatic carbocycles. The first-order chi connectivity index (χ1) is 12.7. The van der Waals surface area contributed by atoms with Gasteiger partial charge in [0.15, 0.2) is 5.82 Å². The van der Waals surface area contributed by atoms with Gasteiger partial charge in [0.25, 0.3) is 0 Å². The Bertz CT molecular complexity index is 938. The lowest BCUT2D eigenvalue weighted by Crippen LogP contribution is -2.16. The minimum absolute atomic E-state index is 0.00678. The molecule has 1 N–H and O–H groups in total. The zero-order valence-corrected chi connectivity index (χ0v) is 15.3. The van der Waals surface area contributed by atoms with E-state index in [0.29, 0.717) is 17.4 Å². The lowest BCUT2D eigenvalue weighted by atomic mass is 10.0. The Balaban J connectivity index is 1.85. The molecular formula is C19H18N4O2S. The van der Waals surface area contributed by atoms with E-state index in [0.717, 1.165) is 22.6 Å². The van der Waals surface area contributed by atoms with Gasteiger partial charge < -0.3 is 10.1 Å². The molecule has 0 saturated heterocycles. The number of carbonyl (C=O) groups excluding carboxylic acids is 1. The average molecular weight is 366 g/mol. The van der Waals surface area contributed by atoms with Crippen LogP contribution in [0, 0.1) is 6.92 Å². The topological polar surface area (TPSA) is 69.0 Å². The lowest BCUT2D eigenvalue weighted by Gasteiger charge is -2.15. The first kappa shape index (κ1) is 16.7. The number of nitrogens with zero attached hydrogens (tertiary/aromatic N) is 3. The zero-order chi connectivity index (χ0) is 18.1. The summed E-state index contributed by atoms with van der Waals surface area (Å²) in [5, 5.41) is 7.66. The van der Waals surface area contributed by atoms with Gasteiger partial charge in [-0.3, -0.25) is 4.79 Å². The summed E-state index contributed by atoms with van der Waals surface area (Å²) in [4.78, 5) is 16.7. The molecule has 0 unspecified atom stereocenters. The summed E-state index contributed by atoms with van der Waals surface area (Å²) in [7, 11) is 1.65. The molecule has 4 rings (SSSR count). The number of pyridine rings is 1. The third-order valence-corrected chi connectivity index (χ3v) is 5.56. The second kappa shape index (κ2) is 6.84. The van der Waals surface area contributed by atoms with Gasteiger partial charge in [-0.25, -0.2) is 4.98 Å². The Kier molecular flexibility index (Phi) is 4.38. The third kappa shape index (κ3) is 2.94. The predicted molar refractivity (Wildman–Crippen MR) is 102 cm³/mol. The average Bonchev–Trinajstić information content (AvgIpc) is 2.88. The molecule has 1 aliphatic rings. The molecule has 7 heteroatoms. The van der Waals surface area contributed by atoms with Gasteiger partial charge >= 0.3 is 0 Å². The second-order valence-corrected chi connectivity index (χ2v) is 7.05. The Hall–Kier alpha value is -2.80. The first-order valence-electron chi connectivity index (χ1n) is 8.23. The van der Waals surface area contributed by atoms with Crippen LogP contribution in [0.5, 0.6) is 5.75 Å². The number of hydrogen-bond acceptors (Lipinski definition) is 5. The fraction of sp³-hybridized carbons (Fsp3) is 0.211. The maximum atomic E-state index is 12.3. The highest BCUT2D eigenvalue weighted by molar-refractivity contribution is 8.00. The number of methoxy groups -OCH3 is 1. The van der Waals surface area contributed by atoms with Gasteiger partial charge in [0, 0.05) is 11.8 Å². The summed E-state index contributed by atoms with van der Waals surface area (Å²) >= 11 is 1.60. The minimum Gasteiger partial charge on any atom is -0.497 e. The van der Waals surface area contributed by atoms with E-state index in [4.69, 9.17) is 4.74 Å². The Morgan fingerprint density at radius 3 is 2.73 bits per heavy atom. The van der Waals surface area contributed by atoms with Crippen molar-refractivity contribution in [1.82, 2.24) is 14.8 Å². The number of anilines is 1. The first-order valence-corrected chi connectivity index (χ1v) is 9.28. The van der Waals surface area contributed by atoms with Gasteiger partial charge in [-0.15, -0.1) is 11.8 Å². The summed E-state index contributed by atoms with van der Waals surface area (Å²) in [5.74, 6) is 2.52. The molecule has 132 valence electrons. The number of aryl methyl sites for hydroxylation is 1. The molecule has 3 aromatic rings. The van der Waals surface area contributed by atoms with Gasteiger partial charge in [0.2, 0.25) is 5.91 Å². The molecule has 1 atom stereocenters. The highest BCUT2D eigenvalue weighted by Crippen LogP contribution is 2.43. The Morgan fingerprint density at radius 2 is 2.04 bits per heavy atom. The van der Waals surface area contributed by atoms with Crippen molar-refractivity contribution in [2.45, 2.75) is 12.2 Å². The number of aromatic nitrogens is 3. The van der Waals surface area contributed by atoms with Crippen molar-refractivity contribution in [1.29, 1.82) is 0 Å². The van der Waals surface area contributed by atoms with Crippen LogP contribution in [0.3, 0.4) is 0 Å². The number of nitrogens with one attached hydrogen (secondary N) is 1. The van der Waals surface area contributed by atoms with Crippen LogP contribution in [0.1, 0.15) is 22.1 Å². The van der Waals surface area contributed by atoms with Crippen LogP contribution >= 0.6 is 11.8 Å². The summed E-state index contributed by atoms with van der Waals surface area (Å²) in [5.41, 5.74) is 3.00. The monoisotopic (exact) mass is 366 g/mol. The van der Waals surface area contributed by atoms with Crippen molar-refractivity contribution >= 4 is 23.5 Å². The van der Waals surface area contributed by atoms with Crippen LogP contribution in [0.25, 0.3) is 5.82 Å². The fourth-order valence-corrected chi connectivity index (χ4v) is 4.26. The molecule has 1 aromatic carbocycles. The quantitative estimate of drug-likeness (QED) is 0.770. The SMILES string of the molecule is COc1ccc([C@@H]2SCC(=O)Nc3c2c(C)nn3-c2ccccn2)cc1. The number of hydrogen-bond donors (Lipinski definition) is 1. The third-order valence-electron chi connectivity index (χ3n) is 4.29. The van der Waals surface area contributed by atoms with Gasteiger partial charge in [-0.05, 0) is 36.8 Å². The number of carbonyl (C=O) groups is 1. The van der Waals surface area contributed by atoms with Gasteiger partial charge in [-0.1, -0.05) is 18.2 Å². The molecule has 2 aromatic heterocycles. The largest absolute Gasteiger partial charge is 0.497 e. The molecule has 6 nitrogen and oxygen atoms in total. The van der Waals surface area contributed by atoms with Crippen molar-refractivity contribution in [2.24, 2.45) is 0 Å². The molecule has 26 heavy (non-hydrogen) atoms. The molecule has 1 aliphatic heterocycles. The fourth-order valence-electron chi connectivity index (χ4n) is 3.07. The summed E-state index contributed by atoms with van der Waals surface area (Å²) in [6.07, 6.45) is 1.72. The van der Waals surface area contributed by atoms with Crippen LogP contribution in [-0.4, -0.2) is 33.5 Å². The molecule has 0 bridgehead atoms. The van der Waals surface area contributed by atoms with E-state index in [2.05, 4.69) is 15.4 Å². The van der Waals surface area contributed by atoms with Crippen LogP contribution in [-0.2, 0) is 4.79 Å². The Labute approximate surface area is 155 Å². The van der Waals surface area contributed by atoms with Crippen molar-refractivity contribution in [3.63, 3.8) is 0 Å². The normalized spacial score (nSPS) is 16.5. The van der Waals surface area contributed by atoms with E-state index in [-0.39, 0.29) is 11.2 Å². The molecule has 0 spiro atoms. The summed E-state index contributed by atoms with van der Waals surface area (Å²) < 4.78 is 6.97. The van der Waals surface area contributed by atoms with Crippen LogP contribution in [0.15, 0.2) is 48.7 Å². The van der Waals surface area contributed by atoms with Crippen LogP contribution in [0.4, 0.5) is 5.82 Å². The van der Waals surface area contributed by atoms with Crippen LogP contribution in [0.2, 0.25) is 0 Å². The van der Waals surface area contributed by atoms with Crippen molar-refractivity contribution in [3.05, 3.63) is 65.5 Å². The van der Waals surface area contributed by atoms with Gasteiger partial charge in [-0.2, -0.15) is 9.78 Å². The smallest absolute Gasteiger partial charge is 0.235 e. The zero-order valence-electron chi connectivity index (χ0n) is 14.5. The standard InChI is InChI=1S/C19H18N4O2S/c1-12-17-18(13-6-8-14(25-2)9-7-13)26-11-16(24)21-19(17)23(22-12)15-5-3-4-10-20-15/h3-10,18H,11H2,1-2H3,(H,21,24)/t18-/m0/s1. The number of thioether (sulfide) groups is 1. The highest BCUT2D eigenvalue weighted by Gasteiger charge is 2.30. The summed E-state index contributed by atoms with van der Waals surface area (Å²) in [6, 6.07) is 13.6. The van der Waals surface area contributed by atoms with Crippen molar-refractivity contribution < 1.29 is 9.53 Å². The van der Waals surface area contributed by atoms with Crippen LogP contribution < -0.4 is 10.1 Å². The van der Waals surface area contributed by atoms with E-state index < -0.39 is 0 Å². The molecular weight excluding hydrogens is 348 g/mol. The molecule has 0 saturated carbocycles. The number of fused-ring (bicyclic) bond motifs is 1. The predicted octanol–water partition coefficient (Wildman–Crippen LogP) is 3.36. The second-order valence-electron chi connectivity index (χ2n) is 5.96. The number of rotatable bonds is 3. The summed E-state index contributed by atoms with van der Waals surface area (Å²) in [6.45, 7) is 1.97. The van der Waals surface area contributed by atoms with Crippen molar-refractivity contribution in [3.8, 4) is 11.6 Å². The van der Waals surface area contributed by atoms with Crippen molar-refractivity contribution in [2.75, 3.05) is 18.2 Å².